The van der Waals surface area contributed by atoms with E-state index in [9.17, 15) is 19.2 Å². The molecule has 0 radical (unpaired) electrons. The zero-order valence-electron chi connectivity index (χ0n) is 12.2. The van der Waals surface area contributed by atoms with Gasteiger partial charge in [0.25, 0.3) is 5.91 Å². The Morgan fingerprint density at radius 1 is 1.14 bits per heavy atom. The number of hydrogen-bond acceptors (Lipinski definition) is 4. The number of carboxylic acids is 1. The first kappa shape index (κ1) is 15.5. The molecule has 2 aliphatic rings. The SMILES string of the molecule is CC1(C)C(=O)NC(=O)CN1C(=O)C1CCC(C(=O)O)CC1. The third-order valence-electron chi connectivity index (χ3n) is 4.48. The molecule has 0 atom stereocenters. The Kier molecular flexibility index (Phi) is 4.02. The largest absolute Gasteiger partial charge is 0.481 e. The minimum Gasteiger partial charge on any atom is -0.481 e. The average Bonchev–Trinajstić information content (AvgIpc) is 2.42. The van der Waals surface area contributed by atoms with Crippen molar-refractivity contribution in [2.45, 2.75) is 45.1 Å². The number of hydrogen-bond donors (Lipinski definition) is 2. The van der Waals surface area contributed by atoms with Gasteiger partial charge in [-0.2, -0.15) is 0 Å². The maximum absolute atomic E-state index is 12.6. The molecule has 1 saturated carbocycles. The number of amides is 3. The van der Waals surface area contributed by atoms with Crippen LogP contribution in [0, 0.1) is 11.8 Å². The van der Waals surface area contributed by atoms with Crippen molar-refractivity contribution < 1.29 is 24.3 Å². The summed E-state index contributed by atoms with van der Waals surface area (Å²) in [5.74, 6) is -2.72. The second-order valence-electron chi connectivity index (χ2n) is 6.25. The first-order chi connectivity index (χ1) is 9.73. The van der Waals surface area contributed by atoms with E-state index in [2.05, 4.69) is 5.32 Å². The van der Waals surface area contributed by atoms with Gasteiger partial charge >= 0.3 is 5.97 Å². The molecule has 2 fully saturated rings. The summed E-state index contributed by atoms with van der Waals surface area (Å²) in [6.07, 6.45) is 1.89. The molecule has 2 N–H and O–H groups in total. The summed E-state index contributed by atoms with van der Waals surface area (Å²) in [4.78, 5) is 48.2. The summed E-state index contributed by atoms with van der Waals surface area (Å²) >= 11 is 0. The number of carbonyl (C=O) groups excluding carboxylic acids is 3. The summed E-state index contributed by atoms with van der Waals surface area (Å²) in [6.45, 7) is 3.08. The maximum atomic E-state index is 12.6. The highest BCUT2D eigenvalue weighted by atomic mass is 16.4. The van der Waals surface area contributed by atoms with E-state index in [-0.39, 0.29) is 18.4 Å². The predicted molar refractivity (Wildman–Crippen MR) is 72.0 cm³/mol. The number of piperazine rings is 1. The van der Waals surface area contributed by atoms with Crippen LogP contribution in [-0.2, 0) is 19.2 Å². The molecule has 0 aromatic carbocycles. The Bertz CT molecular complexity index is 492. The lowest BCUT2D eigenvalue weighted by Crippen LogP contribution is -2.66. The van der Waals surface area contributed by atoms with E-state index < -0.39 is 29.2 Å². The third kappa shape index (κ3) is 2.91. The second kappa shape index (κ2) is 5.46. The van der Waals surface area contributed by atoms with E-state index >= 15 is 0 Å². The van der Waals surface area contributed by atoms with Gasteiger partial charge in [-0.05, 0) is 39.5 Å². The van der Waals surface area contributed by atoms with Crippen molar-refractivity contribution in [2.75, 3.05) is 6.54 Å². The van der Waals surface area contributed by atoms with Crippen LogP contribution in [0.1, 0.15) is 39.5 Å². The van der Waals surface area contributed by atoms with Crippen LogP contribution < -0.4 is 5.32 Å². The number of nitrogens with one attached hydrogen (secondary N) is 1. The van der Waals surface area contributed by atoms with Gasteiger partial charge < -0.3 is 10.0 Å². The molecule has 1 saturated heterocycles. The Morgan fingerprint density at radius 2 is 1.67 bits per heavy atom. The topological polar surface area (TPSA) is 104 Å². The standard InChI is InChI=1S/C14H20N2O5/c1-14(2)13(21)15-10(17)7-16(14)11(18)8-3-5-9(6-4-8)12(19)20/h8-9H,3-7H2,1-2H3,(H,19,20)(H,15,17,21). The van der Waals surface area contributed by atoms with Crippen LogP contribution in [0.25, 0.3) is 0 Å². The van der Waals surface area contributed by atoms with Gasteiger partial charge in [-0.1, -0.05) is 0 Å². The number of carbonyl (C=O) groups is 4. The molecule has 0 spiro atoms. The van der Waals surface area contributed by atoms with Crippen molar-refractivity contribution in [3.05, 3.63) is 0 Å². The van der Waals surface area contributed by atoms with Gasteiger partial charge in [-0.25, -0.2) is 0 Å². The Balaban J connectivity index is 2.07. The molecule has 0 aromatic heterocycles. The highest BCUT2D eigenvalue weighted by molar-refractivity contribution is 6.06. The van der Waals surface area contributed by atoms with Gasteiger partial charge in [0.1, 0.15) is 12.1 Å². The number of carboxylic acid groups (broad SMARTS) is 1. The summed E-state index contributed by atoms with van der Waals surface area (Å²) < 4.78 is 0. The highest BCUT2D eigenvalue weighted by Gasteiger charge is 2.45. The smallest absolute Gasteiger partial charge is 0.306 e. The van der Waals surface area contributed by atoms with Crippen LogP contribution in [0.3, 0.4) is 0 Å². The molecule has 0 unspecified atom stereocenters. The van der Waals surface area contributed by atoms with Crippen molar-refractivity contribution >= 4 is 23.7 Å². The molecule has 7 heteroatoms. The Labute approximate surface area is 122 Å². The van der Waals surface area contributed by atoms with Gasteiger partial charge in [-0.15, -0.1) is 0 Å². The minimum absolute atomic E-state index is 0.129. The van der Waals surface area contributed by atoms with E-state index in [1.807, 2.05) is 0 Å². The molecule has 3 amide bonds. The molecule has 2 rings (SSSR count). The third-order valence-corrected chi connectivity index (χ3v) is 4.48. The van der Waals surface area contributed by atoms with Crippen molar-refractivity contribution in [1.82, 2.24) is 10.2 Å². The first-order valence-corrected chi connectivity index (χ1v) is 7.12. The average molecular weight is 296 g/mol. The molecular weight excluding hydrogens is 276 g/mol. The van der Waals surface area contributed by atoms with E-state index in [4.69, 9.17) is 5.11 Å². The molecule has 1 aliphatic carbocycles. The summed E-state index contributed by atoms with van der Waals surface area (Å²) in [5, 5.41) is 11.2. The number of nitrogens with zero attached hydrogens (tertiary/aromatic N) is 1. The van der Waals surface area contributed by atoms with Crippen molar-refractivity contribution in [2.24, 2.45) is 11.8 Å². The minimum atomic E-state index is -1.06. The lowest BCUT2D eigenvalue weighted by atomic mass is 9.80. The van der Waals surface area contributed by atoms with Crippen LogP contribution in [0.2, 0.25) is 0 Å². The van der Waals surface area contributed by atoms with Gasteiger partial charge in [0.15, 0.2) is 0 Å². The molecule has 7 nitrogen and oxygen atoms in total. The summed E-state index contributed by atoms with van der Waals surface area (Å²) in [6, 6.07) is 0. The van der Waals surface area contributed by atoms with Crippen LogP contribution >= 0.6 is 0 Å². The molecule has 0 bridgehead atoms. The quantitative estimate of drug-likeness (QED) is 0.705. The van der Waals surface area contributed by atoms with E-state index in [1.165, 1.54) is 4.90 Å². The van der Waals surface area contributed by atoms with Gasteiger partial charge in [0.05, 0.1) is 5.92 Å². The van der Waals surface area contributed by atoms with Crippen molar-refractivity contribution in [3.8, 4) is 0 Å². The van der Waals surface area contributed by atoms with Crippen molar-refractivity contribution in [3.63, 3.8) is 0 Å². The summed E-state index contributed by atoms with van der Waals surface area (Å²) in [7, 11) is 0. The zero-order valence-corrected chi connectivity index (χ0v) is 12.2. The van der Waals surface area contributed by atoms with Crippen LogP contribution in [-0.4, -0.2) is 45.8 Å². The molecular formula is C14H20N2O5. The molecule has 1 aliphatic heterocycles. The molecule has 1 heterocycles. The molecule has 21 heavy (non-hydrogen) atoms. The van der Waals surface area contributed by atoms with Crippen LogP contribution in [0.15, 0.2) is 0 Å². The van der Waals surface area contributed by atoms with E-state index in [1.54, 1.807) is 13.8 Å². The predicted octanol–water partition coefficient (Wildman–Crippen LogP) is 0.141. The number of imide groups is 1. The first-order valence-electron chi connectivity index (χ1n) is 7.12. The Morgan fingerprint density at radius 3 is 2.19 bits per heavy atom. The molecule has 116 valence electrons. The van der Waals surface area contributed by atoms with E-state index in [0.717, 1.165) is 0 Å². The van der Waals surface area contributed by atoms with Crippen molar-refractivity contribution in [1.29, 1.82) is 0 Å². The second-order valence-corrected chi connectivity index (χ2v) is 6.25. The zero-order chi connectivity index (χ0) is 15.8. The fourth-order valence-electron chi connectivity index (χ4n) is 2.94. The lowest BCUT2D eigenvalue weighted by Gasteiger charge is -2.42. The number of aliphatic carboxylic acids is 1. The lowest BCUT2D eigenvalue weighted by molar-refractivity contribution is -0.158. The normalized spacial score (nSPS) is 29.0. The monoisotopic (exact) mass is 296 g/mol. The van der Waals surface area contributed by atoms with Gasteiger partial charge in [-0.3, -0.25) is 24.5 Å². The van der Waals surface area contributed by atoms with Gasteiger partial charge in [0.2, 0.25) is 11.8 Å². The van der Waals surface area contributed by atoms with Gasteiger partial charge in [0, 0.05) is 5.92 Å². The summed E-state index contributed by atoms with van der Waals surface area (Å²) in [5.41, 5.74) is -1.06. The van der Waals surface area contributed by atoms with Crippen LogP contribution in [0.4, 0.5) is 0 Å². The fourth-order valence-corrected chi connectivity index (χ4v) is 2.94. The maximum Gasteiger partial charge on any atom is 0.306 e. The fraction of sp³-hybridized carbons (Fsp3) is 0.714. The van der Waals surface area contributed by atoms with Crippen LogP contribution in [0.5, 0.6) is 0 Å². The number of rotatable bonds is 2. The Hall–Kier alpha value is -1.92. The highest BCUT2D eigenvalue weighted by Crippen LogP contribution is 2.32. The molecule has 0 aromatic rings. The van der Waals surface area contributed by atoms with E-state index in [0.29, 0.717) is 25.7 Å².